The molecule has 1 aliphatic rings. The zero-order valence-corrected chi connectivity index (χ0v) is 14.6. The van der Waals surface area contributed by atoms with Gasteiger partial charge in [0.2, 0.25) is 0 Å². The zero-order valence-electron chi connectivity index (χ0n) is 14.6. The van der Waals surface area contributed by atoms with Gasteiger partial charge in [0.25, 0.3) is 0 Å². The number of benzene rings is 1. The van der Waals surface area contributed by atoms with Gasteiger partial charge >= 0.3 is 5.76 Å². The molecule has 0 unspecified atom stereocenters. The summed E-state index contributed by atoms with van der Waals surface area (Å²) in [5.74, 6) is -0.969. The lowest BCUT2D eigenvalue weighted by Crippen LogP contribution is -2.33. The summed E-state index contributed by atoms with van der Waals surface area (Å²) < 4.78 is 19.0. The van der Waals surface area contributed by atoms with Gasteiger partial charge in [0.05, 0.1) is 16.7 Å². The third-order valence-corrected chi connectivity index (χ3v) is 5.16. The molecule has 0 amide bonds. The number of hydrogen-bond acceptors (Lipinski definition) is 6. The molecule has 9 heteroatoms. The van der Waals surface area contributed by atoms with Crippen molar-refractivity contribution in [1.29, 1.82) is 0 Å². The van der Waals surface area contributed by atoms with Crippen molar-refractivity contribution in [2.75, 3.05) is 5.32 Å². The van der Waals surface area contributed by atoms with Crippen LogP contribution in [-0.2, 0) is 5.60 Å². The Morgan fingerprint density at radius 3 is 2.68 bits per heavy atom. The first-order valence-corrected chi connectivity index (χ1v) is 8.86. The molecule has 28 heavy (non-hydrogen) atoms. The number of pyridine rings is 1. The van der Waals surface area contributed by atoms with E-state index in [2.05, 4.69) is 29.9 Å². The topological polar surface area (TPSA) is 120 Å². The number of nitrogens with one attached hydrogen (secondary N) is 3. The molecule has 0 aliphatic heterocycles. The Balaban J connectivity index is 1.48. The summed E-state index contributed by atoms with van der Waals surface area (Å²) >= 11 is 0. The SMILES string of the molecule is O=c1[nH]c(-c2c[nH]c3cc(F)c(Nc4ccc(C5(O)CCC5)cc4)nc23)no1. The molecule has 1 aliphatic carbocycles. The minimum absolute atomic E-state index is 0.0364. The number of nitrogens with zero attached hydrogens (tertiary/aromatic N) is 2. The Morgan fingerprint density at radius 1 is 1.25 bits per heavy atom. The second-order valence-electron chi connectivity index (χ2n) is 6.95. The number of aromatic nitrogens is 4. The van der Waals surface area contributed by atoms with E-state index in [1.807, 2.05) is 12.1 Å². The van der Waals surface area contributed by atoms with E-state index < -0.39 is 17.2 Å². The second-order valence-corrected chi connectivity index (χ2v) is 6.95. The van der Waals surface area contributed by atoms with Crippen molar-refractivity contribution in [3.8, 4) is 11.4 Å². The largest absolute Gasteiger partial charge is 0.439 e. The lowest BCUT2D eigenvalue weighted by molar-refractivity contribution is -0.0387. The highest BCUT2D eigenvalue weighted by atomic mass is 19.1. The molecule has 0 spiro atoms. The minimum atomic E-state index is -0.741. The molecule has 1 fully saturated rings. The molecule has 0 saturated heterocycles. The third-order valence-electron chi connectivity index (χ3n) is 5.16. The van der Waals surface area contributed by atoms with Crippen molar-refractivity contribution < 1.29 is 14.0 Å². The normalized spacial score (nSPS) is 15.5. The van der Waals surface area contributed by atoms with Crippen LogP contribution in [0.3, 0.4) is 0 Å². The van der Waals surface area contributed by atoms with E-state index in [1.54, 1.807) is 18.3 Å². The van der Waals surface area contributed by atoms with Crippen molar-refractivity contribution in [1.82, 2.24) is 20.1 Å². The fourth-order valence-corrected chi connectivity index (χ4v) is 3.44. The van der Waals surface area contributed by atoms with Gasteiger partial charge in [-0.25, -0.2) is 14.2 Å². The maximum Gasteiger partial charge on any atom is 0.439 e. The number of rotatable bonds is 4. The van der Waals surface area contributed by atoms with Crippen LogP contribution in [0.4, 0.5) is 15.9 Å². The predicted octanol–water partition coefficient (Wildman–Crippen LogP) is 3.16. The average Bonchev–Trinajstić information content (AvgIpc) is 3.26. The van der Waals surface area contributed by atoms with Crippen LogP contribution in [0.15, 0.2) is 45.8 Å². The van der Waals surface area contributed by atoms with Crippen molar-refractivity contribution in [3.63, 3.8) is 0 Å². The maximum absolute atomic E-state index is 14.5. The highest BCUT2D eigenvalue weighted by molar-refractivity contribution is 5.91. The van der Waals surface area contributed by atoms with Crippen LogP contribution in [0.5, 0.6) is 0 Å². The maximum atomic E-state index is 14.5. The Bertz CT molecular complexity index is 1220. The van der Waals surface area contributed by atoms with Gasteiger partial charge in [-0.05, 0) is 37.0 Å². The van der Waals surface area contributed by atoms with Gasteiger partial charge < -0.3 is 15.4 Å². The highest BCUT2D eigenvalue weighted by Gasteiger charge is 2.35. The van der Waals surface area contributed by atoms with Crippen LogP contribution in [-0.4, -0.2) is 25.2 Å². The molecule has 3 aromatic heterocycles. The van der Waals surface area contributed by atoms with Gasteiger partial charge in [0.15, 0.2) is 17.5 Å². The fraction of sp³-hybridized carbons (Fsp3) is 0.211. The van der Waals surface area contributed by atoms with Crippen LogP contribution < -0.4 is 11.1 Å². The van der Waals surface area contributed by atoms with Crippen molar-refractivity contribution in [2.24, 2.45) is 0 Å². The number of H-pyrrole nitrogens is 2. The summed E-state index contributed by atoms with van der Waals surface area (Å²) in [6.07, 6.45) is 4.10. The van der Waals surface area contributed by atoms with Crippen LogP contribution in [0.1, 0.15) is 24.8 Å². The Labute approximate surface area is 157 Å². The molecule has 0 atom stereocenters. The van der Waals surface area contributed by atoms with E-state index >= 15 is 0 Å². The molecule has 142 valence electrons. The quantitative estimate of drug-likeness (QED) is 0.431. The molecule has 3 heterocycles. The molecular weight excluding hydrogens is 365 g/mol. The van der Waals surface area contributed by atoms with E-state index in [1.165, 1.54) is 6.07 Å². The molecule has 4 aromatic rings. The molecule has 8 nitrogen and oxygen atoms in total. The van der Waals surface area contributed by atoms with Gasteiger partial charge in [0.1, 0.15) is 5.52 Å². The summed E-state index contributed by atoms with van der Waals surface area (Å²) in [5, 5.41) is 17.0. The number of hydrogen-bond donors (Lipinski definition) is 4. The van der Waals surface area contributed by atoms with Crippen molar-refractivity contribution in [2.45, 2.75) is 24.9 Å². The van der Waals surface area contributed by atoms with E-state index in [-0.39, 0.29) is 11.6 Å². The van der Waals surface area contributed by atoms with E-state index in [4.69, 9.17) is 0 Å². The van der Waals surface area contributed by atoms with Gasteiger partial charge in [-0.1, -0.05) is 17.3 Å². The lowest BCUT2D eigenvalue weighted by atomic mass is 9.75. The van der Waals surface area contributed by atoms with Gasteiger partial charge in [0, 0.05) is 18.0 Å². The van der Waals surface area contributed by atoms with E-state index in [9.17, 15) is 14.3 Å². The first-order chi connectivity index (χ1) is 13.5. The Kier molecular flexibility index (Phi) is 3.59. The van der Waals surface area contributed by atoms with Gasteiger partial charge in [-0.3, -0.25) is 9.51 Å². The zero-order chi connectivity index (χ0) is 19.3. The molecule has 0 radical (unpaired) electrons. The number of fused-ring (bicyclic) bond motifs is 1. The molecule has 4 N–H and O–H groups in total. The molecular formula is C19H16FN5O3. The number of halogens is 1. The number of anilines is 2. The lowest BCUT2D eigenvalue weighted by Gasteiger charge is -2.37. The van der Waals surface area contributed by atoms with E-state index in [0.29, 0.717) is 22.3 Å². The fourth-order valence-electron chi connectivity index (χ4n) is 3.44. The van der Waals surface area contributed by atoms with Gasteiger partial charge in [-0.15, -0.1) is 0 Å². The average molecular weight is 381 g/mol. The van der Waals surface area contributed by atoms with Crippen molar-refractivity contribution in [3.05, 3.63) is 58.5 Å². The molecule has 1 aromatic carbocycles. The smallest absolute Gasteiger partial charge is 0.385 e. The Hall–Kier alpha value is -3.46. The van der Waals surface area contributed by atoms with Crippen LogP contribution in [0.25, 0.3) is 22.4 Å². The number of aliphatic hydroxyl groups is 1. The first-order valence-electron chi connectivity index (χ1n) is 8.86. The summed E-state index contributed by atoms with van der Waals surface area (Å²) in [4.78, 5) is 20.9. The van der Waals surface area contributed by atoms with E-state index in [0.717, 1.165) is 24.8 Å². The van der Waals surface area contributed by atoms with Crippen LogP contribution >= 0.6 is 0 Å². The minimum Gasteiger partial charge on any atom is -0.385 e. The number of aromatic amines is 2. The highest BCUT2D eigenvalue weighted by Crippen LogP contribution is 2.41. The van der Waals surface area contributed by atoms with Crippen LogP contribution in [0.2, 0.25) is 0 Å². The Morgan fingerprint density at radius 2 is 2.04 bits per heavy atom. The summed E-state index contributed by atoms with van der Waals surface area (Å²) in [7, 11) is 0. The van der Waals surface area contributed by atoms with Crippen molar-refractivity contribution >= 4 is 22.5 Å². The first kappa shape index (κ1) is 16.7. The van der Waals surface area contributed by atoms with Crippen LogP contribution in [0, 0.1) is 5.82 Å². The second kappa shape index (κ2) is 6.03. The van der Waals surface area contributed by atoms with Gasteiger partial charge in [-0.2, -0.15) is 0 Å². The molecule has 1 saturated carbocycles. The molecule has 0 bridgehead atoms. The summed E-state index contributed by atoms with van der Waals surface area (Å²) in [5.41, 5.74) is 2.15. The predicted molar refractivity (Wildman–Crippen MR) is 99.6 cm³/mol. The third kappa shape index (κ3) is 2.67. The standard InChI is InChI=1S/C19H16FN5O3/c20-13-8-14-15(12(9-21-14)16-24-18(26)28-25-16)23-17(13)22-11-4-2-10(3-5-11)19(27)6-1-7-19/h2-5,8-9,21,27H,1,6-7H2,(H,22,23)(H,24,25,26). The summed E-state index contributed by atoms with van der Waals surface area (Å²) in [6, 6.07) is 8.55. The summed E-state index contributed by atoms with van der Waals surface area (Å²) in [6.45, 7) is 0. The monoisotopic (exact) mass is 381 g/mol. The molecule has 5 rings (SSSR count).